The SMILES string of the molecule is CCCCN(CCCC)C[C@H](O)CN(CC)CC. The maximum Gasteiger partial charge on any atom is 0.0793 e. The van der Waals surface area contributed by atoms with E-state index < -0.39 is 0 Å². The van der Waals surface area contributed by atoms with Gasteiger partial charge in [0.2, 0.25) is 0 Å². The van der Waals surface area contributed by atoms with E-state index in [2.05, 4.69) is 37.5 Å². The Labute approximate surface area is 114 Å². The molecule has 0 saturated heterocycles. The van der Waals surface area contributed by atoms with Gasteiger partial charge in [-0.3, -0.25) is 0 Å². The third-order valence-corrected chi connectivity index (χ3v) is 3.49. The lowest BCUT2D eigenvalue weighted by Crippen LogP contribution is -2.41. The molecule has 0 aromatic rings. The zero-order valence-electron chi connectivity index (χ0n) is 13.0. The van der Waals surface area contributed by atoms with Crippen LogP contribution in [-0.4, -0.2) is 60.3 Å². The summed E-state index contributed by atoms with van der Waals surface area (Å²) in [5, 5.41) is 10.2. The fourth-order valence-electron chi connectivity index (χ4n) is 2.19. The molecule has 0 amide bonds. The van der Waals surface area contributed by atoms with Gasteiger partial charge in [-0.25, -0.2) is 0 Å². The molecule has 0 rings (SSSR count). The molecule has 0 aromatic carbocycles. The molecule has 3 heteroatoms. The molecule has 1 N–H and O–H groups in total. The summed E-state index contributed by atoms with van der Waals surface area (Å²) in [6.45, 7) is 14.7. The fourth-order valence-corrected chi connectivity index (χ4v) is 2.19. The molecule has 0 fully saturated rings. The highest BCUT2D eigenvalue weighted by atomic mass is 16.3. The molecule has 18 heavy (non-hydrogen) atoms. The highest BCUT2D eigenvalue weighted by Gasteiger charge is 2.13. The Morgan fingerprint density at radius 2 is 1.22 bits per heavy atom. The van der Waals surface area contributed by atoms with Gasteiger partial charge in [0.25, 0.3) is 0 Å². The van der Waals surface area contributed by atoms with Gasteiger partial charge in [0.1, 0.15) is 0 Å². The van der Waals surface area contributed by atoms with Crippen molar-refractivity contribution in [3.63, 3.8) is 0 Å². The van der Waals surface area contributed by atoms with Gasteiger partial charge in [0, 0.05) is 13.1 Å². The van der Waals surface area contributed by atoms with Crippen LogP contribution in [0.1, 0.15) is 53.4 Å². The van der Waals surface area contributed by atoms with Crippen molar-refractivity contribution in [1.82, 2.24) is 9.80 Å². The molecule has 0 aliphatic carbocycles. The Hall–Kier alpha value is -0.120. The number of rotatable bonds is 12. The van der Waals surface area contributed by atoms with Crippen LogP contribution in [0, 0.1) is 0 Å². The van der Waals surface area contributed by atoms with Crippen LogP contribution in [0.25, 0.3) is 0 Å². The maximum absolute atomic E-state index is 10.2. The van der Waals surface area contributed by atoms with Gasteiger partial charge in [0.15, 0.2) is 0 Å². The van der Waals surface area contributed by atoms with Crippen LogP contribution in [-0.2, 0) is 0 Å². The molecule has 0 aliphatic rings. The fraction of sp³-hybridized carbons (Fsp3) is 1.00. The molecule has 3 nitrogen and oxygen atoms in total. The molecular formula is C15H34N2O. The zero-order chi connectivity index (χ0) is 13.8. The summed E-state index contributed by atoms with van der Waals surface area (Å²) in [5.41, 5.74) is 0. The summed E-state index contributed by atoms with van der Waals surface area (Å²) in [5.74, 6) is 0. The first-order valence-electron chi connectivity index (χ1n) is 7.80. The van der Waals surface area contributed by atoms with Crippen LogP contribution < -0.4 is 0 Å². The molecule has 0 saturated carbocycles. The lowest BCUT2D eigenvalue weighted by molar-refractivity contribution is 0.0759. The molecule has 0 heterocycles. The average molecular weight is 258 g/mol. The first kappa shape index (κ1) is 17.9. The summed E-state index contributed by atoms with van der Waals surface area (Å²) < 4.78 is 0. The topological polar surface area (TPSA) is 26.7 Å². The van der Waals surface area contributed by atoms with Crippen molar-refractivity contribution < 1.29 is 5.11 Å². The second-order valence-electron chi connectivity index (χ2n) is 5.15. The number of hydrogen-bond donors (Lipinski definition) is 1. The van der Waals surface area contributed by atoms with Crippen LogP contribution in [0.5, 0.6) is 0 Å². The largest absolute Gasteiger partial charge is 0.390 e. The monoisotopic (exact) mass is 258 g/mol. The molecular weight excluding hydrogens is 224 g/mol. The van der Waals surface area contributed by atoms with E-state index in [0.717, 1.165) is 39.3 Å². The number of likely N-dealkylation sites (N-methyl/N-ethyl adjacent to an activating group) is 1. The normalized spacial score (nSPS) is 13.5. The Balaban J connectivity index is 4.02. The van der Waals surface area contributed by atoms with Crippen molar-refractivity contribution in [2.75, 3.05) is 39.3 Å². The Morgan fingerprint density at radius 3 is 1.61 bits per heavy atom. The van der Waals surface area contributed by atoms with E-state index in [1.54, 1.807) is 0 Å². The van der Waals surface area contributed by atoms with Gasteiger partial charge in [-0.15, -0.1) is 0 Å². The molecule has 0 bridgehead atoms. The molecule has 0 unspecified atom stereocenters. The van der Waals surface area contributed by atoms with Crippen molar-refractivity contribution in [2.24, 2.45) is 0 Å². The van der Waals surface area contributed by atoms with Crippen LogP contribution in [0.15, 0.2) is 0 Å². The highest BCUT2D eigenvalue weighted by molar-refractivity contribution is 4.68. The molecule has 0 spiro atoms. The summed E-state index contributed by atoms with van der Waals surface area (Å²) in [7, 11) is 0. The number of unbranched alkanes of at least 4 members (excludes halogenated alkanes) is 2. The number of hydrogen-bond acceptors (Lipinski definition) is 3. The molecule has 1 atom stereocenters. The summed E-state index contributed by atoms with van der Waals surface area (Å²) in [4.78, 5) is 4.73. The Bertz CT molecular complexity index is 164. The van der Waals surface area contributed by atoms with Crippen LogP contribution >= 0.6 is 0 Å². The summed E-state index contributed by atoms with van der Waals surface area (Å²) >= 11 is 0. The number of aliphatic hydroxyl groups is 1. The van der Waals surface area contributed by atoms with Crippen molar-refractivity contribution in [3.8, 4) is 0 Å². The van der Waals surface area contributed by atoms with Gasteiger partial charge in [-0.1, -0.05) is 40.5 Å². The van der Waals surface area contributed by atoms with Crippen LogP contribution in [0.4, 0.5) is 0 Å². The lowest BCUT2D eigenvalue weighted by atomic mass is 10.2. The molecule has 0 aliphatic heterocycles. The Kier molecular flexibility index (Phi) is 11.9. The van der Waals surface area contributed by atoms with E-state index in [0.29, 0.717) is 0 Å². The van der Waals surface area contributed by atoms with Gasteiger partial charge in [-0.2, -0.15) is 0 Å². The third-order valence-electron chi connectivity index (χ3n) is 3.49. The quantitative estimate of drug-likeness (QED) is 0.583. The van der Waals surface area contributed by atoms with E-state index in [1.165, 1.54) is 25.7 Å². The predicted octanol–water partition coefficient (Wildman–Crippen LogP) is 2.59. The zero-order valence-corrected chi connectivity index (χ0v) is 13.0. The van der Waals surface area contributed by atoms with Crippen molar-refractivity contribution in [2.45, 2.75) is 59.5 Å². The smallest absolute Gasteiger partial charge is 0.0793 e. The van der Waals surface area contributed by atoms with Gasteiger partial charge < -0.3 is 14.9 Å². The molecule has 0 aromatic heterocycles. The lowest BCUT2D eigenvalue weighted by Gasteiger charge is -2.28. The first-order chi connectivity index (χ1) is 8.67. The second kappa shape index (κ2) is 11.9. The third kappa shape index (κ3) is 8.90. The maximum atomic E-state index is 10.2. The van der Waals surface area contributed by atoms with Gasteiger partial charge in [-0.05, 0) is 39.0 Å². The van der Waals surface area contributed by atoms with E-state index in [9.17, 15) is 5.11 Å². The number of aliphatic hydroxyl groups excluding tert-OH is 1. The average Bonchev–Trinajstić information content (AvgIpc) is 2.39. The standard InChI is InChI=1S/C15H34N2O/c1-5-9-11-17(12-10-6-2)14-15(18)13-16(7-3)8-4/h15,18H,5-14H2,1-4H3/t15-/m1/s1. The van der Waals surface area contributed by atoms with E-state index >= 15 is 0 Å². The number of nitrogens with zero attached hydrogens (tertiary/aromatic N) is 2. The Morgan fingerprint density at radius 1 is 0.778 bits per heavy atom. The second-order valence-corrected chi connectivity index (χ2v) is 5.15. The minimum Gasteiger partial charge on any atom is -0.390 e. The highest BCUT2D eigenvalue weighted by Crippen LogP contribution is 2.02. The minimum absolute atomic E-state index is 0.210. The van der Waals surface area contributed by atoms with Gasteiger partial charge in [0.05, 0.1) is 6.10 Å². The van der Waals surface area contributed by atoms with Gasteiger partial charge >= 0.3 is 0 Å². The summed E-state index contributed by atoms with van der Waals surface area (Å²) in [6.07, 6.45) is 4.73. The predicted molar refractivity (Wildman–Crippen MR) is 80.1 cm³/mol. The van der Waals surface area contributed by atoms with Crippen LogP contribution in [0.2, 0.25) is 0 Å². The van der Waals surface area contributed by atoms with E-state index in [1.807, 2.05) is 0 Å². The van der Waals surface area contributed by atoms with Crippen molar-refractivity contribution >= 4 is 0 Å². The van der Waals surface area contributed by atoms with Crippen LogP contribution in [0.3, 0.4) is 0 Å². The van der Waals surface area contributed by atoms with Crippen molar-refractivity contribution in [3.05, 3.63) is 0 Å². The minimum atomic E-state index is -0.210. The first-order valence-corrected chi connectivity index (χ1v) is 7.80. The molecule has 0 radical (unpaired) electrons. The summed E-state index contributed by atoms with van der Waals surface area (Å²) in [6, 6.07) is 0. The molecule has 110 valence electrons. The van der Waals surface area contributed by atoms with E-state index in [-0.39, 0.29) is 6.10 Å². The van der Waals surface area contributed by atoms with E-state index in [4.69, 9.17) is 0 Å². The van der Waals surface area contributed by atoms with Crippen molar-refractivity contribution in [1.29, 1.82) is 0 Å².